The van der Waals surface area contributed by atoms with Gasteiger partial charge in [0.1, 0.15) is 12.4 Å². The molecule has 138 valence electrons. The van der Waals surface area contributed by atoms with E-state index in [1.54, 1.807) is 48.5 Å². The van der Waals surface area contributed by atoms with E-state index in [0.29, 0.717) is 22.2 Å². The predicted octanol–water partition coefficient (Wildman–Crippen LogP) is 3.96. The SMILES string of the molecule is CC(=O)Nc1ccc(NC(=S)Nc2cccc(OC(Cl)(Cl)CO)c2)cc1. The van der Waals surface area contributed by atoms with Crippen LogP contribution in [0.25, 0.3) is 0 Å². The molecule has 0 spiro atoms. The van der Waals surface area contributed by atoms with Gasteiger partial charge in [-0.15, -0.1) is 0 Å². The van der Waals surface area contributed by atoms with Gasteiger partial charge >= 0.3 is 0 Å². The second-order valence-corrected chi connectivity index (χ2v) is 7.09. The molecule has 9 heteroatoms. The van der Waals surface area contributed by atoms with Crippen LogP contribution >= 0.6 is 35.4 Å². The maximum Gasteiger partial charge on any atom is 0.281 e. The molecule has 0 heterocycles. The standard InChI is InChI=1S/C17H17Cl2N3O3S/c1-11(24)20-12-5-7-13(8-6-12)21-16(26)22-14-3-2-4-15(9-14)25-17(18,19)10-23/h2-9,23H,10H2,1H3,(H,20,24)(H2,21,22,26). The smallest absolute Gasteiger partial charge is 0.281 e. The zero-order valence-corrected chi connectivity index (χ0v) is 16.1. The highest BCUT2D eigenvalue weighted by Crippen LogP contribution is 2.27. The number of thiocarbonyl (C=S) groups is 1. The number of alkyl halides is 2. The highest BCUT2D eigenvalue weighted by Gasteiger charge is 2.24. The molecule has 0 bridgehead atoms. The van der Waals surface area contributed by atoms with Crippen molar-refractivity contribution in [3.8, 4) is 5.75 Å². The maximum atomic E-state index is 11.0. The Kier molecular flexibility index (Phi) is 7.05. The number of aliphatic hydroxyl groups is 1. The number of amides is 1. The average Bonchev–Trinajstić information content (AvgIpc) is 2.56. The van der Waals surface area contributed by atoms with Crippen LogP contribution in [0.4, 0.5) is 17.1 Å². The van der Waals surface area contributed by atoms with E-state index in [2.05, 4.69) is 16.0 Å². The lowest BCUT2D eigenvalue weighted by Gasteiger charge is -2.19. The molecule has 26 heavy (non-hydrogen) atoms. The predicted molar refractivity (Wildman–Crippen MR) is 109 cm³/mol. The third-order valence-electron chi connectivity index (χ3n) is 3.01. The first-order chi connectivity index (χ1) is 12.3. The Morgan fingerprint density at radius 1 is 1.08 bits per heavy atom. The van der Waals surface area contributed by atoms with Crippen molar-refractivity contribution in [2.45, 2.75) is 11.4 Å². The Labute approximate surface area is 166 Å². The molecule has 2 aromatic carbocycles. The van der Waals surface area contributed by atoms with Crippen molar-refractivity contribution in [2.75, 3.05) is 22.6 Å². The van der Waals surface area contributed by atoms with Crippen LogP contribution < -0.4 is 20.7 Å². The van der Waals surface area contributed by atoms with Crippen molar-refractivity contribution in [3.63, 3.8) is 0 Å². The number of aliphatic hydroxyl groups excluding tert-OH is 1. The molecule has 4 N–H and O–H groups in total. The molecule has 0 aliphatic heterocycles. The van der Waals surface area contributed by atoms with Crippen molar-refractivity contribution in [3.05, 3.63) is 48.5 Å². The Balaban J connectivity index is 1.96. The Bertz CT molecular complexity index is 785. The zero-order valence-electron chi connectivity index (χ0n) is 13.8. The van der Waals surface area contributed by atoms with Gasteiger partial charge in [-0.05, 0) is 48.6 Å². The summed E-state index contributed by atoms with van der Waals surface area (Å²) < 4.78 is 3.56. The minimum atomic E-state index is -1.72. The number of hydrogen-bond donors (Lipinski definition) is 4. The second-order valence-electron chi connectivity index (χ2n) is 5.26. The van der Waals surface area contributed by atoms with Crippen LogP contribution in [0, 0.1) is 0 Å². The lowest BCUT2D eigenvalue weighted by atomic mass is 10.3. The summed E-state index contributed by atoms with van der Waals surface area (Å²) in [5.41, 5.74) is 2.10. The topological polar surface area (TPSA) is 82.6 Å². The highest BCUT2D eigenvalue weighted by atomic mass is 35.5. The first-order valence-corrected chi connectivity index (χ1v) is 8.67. The molecule has 0 atom stereocenters. The molecule has 0 saturated heterocycles. The lowest BCUT2D eigenvalue weighted by molar-refractivity contribution is -0.114. The summed E-state index contributed by atoms with van der Waals surface area (Å²) in [6, 6.07) is 13.9. The number of ether oxygens (including phenoxy) is 1. The molecule has 0 unspecified atom stereocenters. The van der Waals surface area contributed by atoms with Gasteiger partial charge < -0.3 is 25.8 Å². The molecular formula is C17H17Cl2N3O3S. The summed E-state index contributed by atoms with van der Waals surface area (Å²) in [6.07, 6.45) is 0. The van der Waals surface area contributed by atoms with Gasteiger partial charge in [0, 0.05) is 30.1 Å². The van der Waals surface area contributed by atoms with Gasteiger partial charge in [-0.2, -0.15) is 0 Å². The third-order valence-corrected chi connectivity index (χ3v) is 3.60. The van der Waals surface area contributed by atoms with Crippen molar-refractivity contribution in [1.29, 1.82) is 0 Å². The summed E-state index contributed by atoms with van der Waals surface area (Å²) in [5.74, 6) is 0.237. The third kappa shape index (κ3) is 6.68. The van der Waals surface area contributed by atoms with Gasteiger partial charge in [-0.25, -0.2) is 0 Å². The minimum absolute atomic E-state index is 0.135. The van der Waals surface area contributed by atoms with Crippen LogP contribution in [0.1, 0.15) is 6.92 Å². The van der Waals surface area contributed by atoms with E-state index in [-0.39, 0.29) is 5.91 Å². The van der Waals surface area contributed by atoms with E-state index in [4.69, 9.17) is 45.3 Å². The van der Waals surface area contributed by atoms with Gasteiger partial charge in [0.2, 0.25) is 5.91 Å². The van der Waals surface area contributed by atoms with Crippen LogP contribution in [-0.2, 0) is 4.79 Å². The maximum absolute atomic E-state index is 11.0. The number of halogens is 2. The van der Waals surface area contributed by atoms with Crippen molar-refractivity contribution < 1.29 is 14.6 Å². The van der Waals surface area contributed by atoms with E-state index in [1.165, 1.54) is 6.92 Å². The molecule has 0 radical (unpaired) electrons. The van der Waals surface area contributed by atoms with Crippen LogP contribution in [0.3, 0.4) is 0 Å². The van der Waals surface area contributed by atoms with Gasteiger partial charge in [0.25, 0.3) is 4.52 Å². The molecular weight excluding hydrogens is 397 g/mol. The van der Waals surface area contributed by atoms with Gasteiger partial charge in [-0.1, -0.05) is 29.3 Å². The summed E-state index contributed by atoms with van der Waals surface area (Å²) in [7, 11) is 0. The van der Waals surface area contributed by atoms with Gasteiger partial charge in [-0.3, -0.25) is 4.79 Å². The highest BCUT2D eigenvalue weighted by molar-refractivity contribution is 7.80. The fourth-order valence-electron chi connectivity index (χ4n) is 1.98. The fourth-order valence-corrected chi connectivity index (χ4v) is 2.39. The molecule has 0 fully saturated rings. The molecule has 2 aromatic rings. The summed E-state index contributed by atoms with van der Waals surface area (Å²) >= 11 is 16.8. The first-order valence-electron chi connectivity index (χ1n) is 7.51. The number of nitrogens with one attached hydrogen (secondary N) is 3. The lowest BCUT2D eigenvalue weighted by Crippen LogP contribution is -2.26. The quantitative estimate of drug-likeness (QED) is 0.423. The monoisotopic (exact) mass is 413 g/mol. The molecule has 6 nitrogen and oxygen atoms in total. The largest absolute Gasteiger partial charge is 0.456 e. The number of benzene rings is 2. The molecule has 0 aliphatic rings. The van der Waals surface area contributed by atoms with E-state index >= 15 is 0 Å². The first kappa shape index (κ1) is 20.3. The van der Waals surface area contributed by atoms with Crippen molar-refractivity contribution >= 4 is 63.5 Å². The Morgan fingerprint density at radius 3 is 2.23 bits per heavy atom. The Hall–Kier alpha value is -2.06. The van der Waals surface area contributed by atoms with Gasteiger partial charge in [0.15, 0.2) is 5.11 Å². The second kappa shape index (κ2) is 9.05. The van der Waals surface area contributed by atoms with Crippen molar-refractivity contribution in [1.82, 2.24) is 0 Å². The van der Waals surface area contributed by atoms with E-state index < -0.39 is 11.1 Å². The molecule has 0 saturated carbocycles. The minimum Gasteiger partial charge on any atom is -0.456 e. The molecule has 0 aliphatic carbocycles. The van der Waals surface area contributed by atoms with Crippen LogP contribution in [-0.4, -0.2) is 27.3 Å². The summed E-state index contributed by atoms with van der Waals surface area (Å²) in [5, 5.41) is 18.1. The zero-order chi connectivity index (χ0) is 19.2. The van der Waals surface area contributed by atoms with Crippen LogP contribution in [0.5, 0.6) is 5.75 Å². The number of carbonyl (C=O) groups is 1. The van der Waals surface area contributed by atoms with E-state index in [1.807, 2.05) is 0 Å². The molecule has 0 aromatic heterocycles. The van der Waals surface area contributed by atoms with Gasteiger partial charge in [0.05, 0.1) is 0 Å². The van der Waals surface area contributed by atoms with Crippen LogP contribution in [0.2, 0.25) is 0 Å². The van der Waals surface area contributed by atoms with Crippen molar-refractivity contribution in [2.24, 2.45) is 0 Å². The van der Waals surface area contributed by atoms with E-state index in [9.17, 15) is 4.79 Å². The number of carbonyl (C=O) groups excluding carboxylic acids is 1. The number of rotatable bonds is 6. The fraction of sp³-hybridized carbons (Fsp3) is 0.176. The normalized spacial score (nSPS) is 10.8. The molecule has 2 rings (SSSR count). The van der Waals surface area contributed by atoms with E-state index in [0.717, 1.165) is 5.69 Å². The molecule has 1 amide bonds. The number of anilines is 3. The summed E-state index contributed by atoms with van der Waals surface area (Å²) in [4.78, 5) is 11.0. The average molecular weight is 414 g/mol. The van der Waals surface area contributed by atoms with Crippen LogP contribution in [0.15, 0.2) is 48.5 Å². The summed E-state index contributed by atoms with van der Waals surface area (Å²) in [6.45, 7) is 0.893. The number of hydrogen-bond acceptors (Lipinski definition) is 4. The Morgan fingerprint density at radius 2 is 1.65 bits per heavy atom.